The zero-order valence-electron chi connectivity index (χ0n) is 11.2. The summed E-state index contributed by atoms with van der Waals surface area (Å²) >= 11 is 6.07. The van der Waals surface area contributed by atoms with Crippen molar-refractivity contribution in [2.75, 3.05) is 0 Å². The molecule has 19 heavy (non-hydrogen) atoms. The van der Waals surface area contributed by atoms with Crippen molar-refractivity contribution in [3.63, 3.8) is 0 Å². The van der Waals surface area contributed by atoms with Gasteiger partial charge in [-0.25, -0.2) is 4.98 Å². The molecule has 1 aromatic carbocycles. The topological polar surface area (TPSA) is 52.0 Å². The van der Waals surface area contributed by atoms with Gasteiger partial charge in [0.2, 0.25) is 5.89 Å². The average Bonchev–Trinajstić information content (AvgIpc) is 2.66. The highest BCUT2D eigenvalue weighted by Gasteiger charge is 2.33. The molecule has 0 bridgehead atoms. The molecule has 1 fully saturated rings. The highest BCUT2D eigenvalue weighted by Crippen LogP contribution is 2.35. The monoisotopic (exact) mass is 278 g/mol. The SMILES string of the molecule is Cc1cc(Cl)cc2nc(C3(N)CCCCCC3)oc12. The molecule has 0 amide bonds. The fourth-order valence-electron chi connectivity index (χ4n) is 2.94. The van der Waals surface area contributed by atoms with Gasteiger partial charge in [-0.05, 0) is 37.5 Å². The molecule has 1 saturated carbocycles. The molecule has 2 N–H and O–H groups in total. The number of fused-ring (bicyclic) bond motifs is 1. The molecule has 0 radical (unpaired) electrons. The summed E-state index contributed by atoms with van der Waals surface area (Å²) in [6.45, 7) is 1.99. The Bertz CT molecular complexity index is 597. The third kappa shape index (κ3) is 2.37. The normalized spacial score (nSPS) is 19.5. The summed E-state index contributed by atoms with van der Waals surface area (Å²) in [7, 11) is 0. The number of aromatic nitrogens is 1. The Kier molecular flexibility index (Phi) is 3.27. The highest BCUT2D eigenvalue weighted by molar-refractivity contribution is 6.31. The van der Waals surface area contributed by atoms with Crippen LogP contribution in [0.5, 0.6) is 0 Å². The Morgan fingerprint density at radius 1 is 1.21 bits per heavy atom. The van der Waals surface area contributed by atoms with Gasteiger partial charge in [0.1, 0.15) is 5.52 Å². The van der Waals surface area contributed by atoms with Crippen molar-refractivity contribution in [3.05, 3.63) is 28.6 Å². The van der Waals surface area contributed by atoms with E-state index in [-0.39, 0.29) is 0 Å². The average molecular weight is 279 g/mol. The number of nitrogens with two attached hydrogens (primary N) is 1. The first-order chi connectivity index (χ1) is 9.08. The molecule has 1 heterocycles. The number of hydrogen-bond donors (Lipinski definition) is 1. The van der Waals surface area contributed by atoms with E-state index in [1.54, 1.807) is 0 Å². The van der Waals surface area contributed by atoms with Crippen molar-refractivity contribution < 1.29 is 4.42 Å². The van der Waals surface area contributed by atoms with Crippen LogP contribution < -0.4 is 5.73 Å². The summed E-state index contributed by atoms with van der Waals surface area (Å²) in [6, 6.07) is 3.74. The van der Waals surface area contributed by atoms with E-state index in [1.807, 2.05) is 19.1 Å². The largest absolute Gasteiger partial charge is 0.438 e. The highest BCUT2D eigenvalue weighted by atomic mass is 35.5. The van der Waals surface area contributed by atoms with Gasteiger partial charge in [0.15, 0.2) is 5.58 Å². The molecule has 2 aromatic rings. The summed E-state index contributed by atoms with van der Waals surface area (Å²) in [5, 5.41) is 0.691. The molecule has 0 atom stereocenters. The number of rotatable bonds is 1. The van der Waals surface area contributed by atoms with Gasteiger partial charge >= 0.3 is 0 Å². The van der Waals surface area contributed by atoms with Crippen molar-refractivity contribution >= 4 is 22.7 Å². The first-order valence-corrected chi connectivity index (χ1v) is 7.32. The smallest absolute Gasteiger partial charge is 0.215 e. The Labute approximate surface area is 118 Å². The first kappa shape index (κ1) is 12.9. The van der Waals surface area contributed by atoms with Crippen LogP contribution in [0.2, 0.25) is 5.02 Å². The first-order valence-electron chi connectivity index (χ1n) is 6.94. The van der Waals surface area contributed by atoms with Crippen molar-refractivity contribution in [2.24, 2.45) is 5.73 Å². The minimum absolute atomic E-state index is 0.408. The number of hydrogen-bond acceptors (Lipinski definition) is 3. The van der Waals surface area contributed by atoms with Gasteiger partial charge in [0.25, 0.3) is 0 Å². The van der Waals surface area contributed by atoms with Gasteiger partial charge in [0.05, 0.1) is 5.54 Å². The minimum atomic E-state index is -0.408. The molecule has 0 saturated heterocycles. The van der Waals surface area contributed by atoms with Gasteiger partial charge in [-0.2, -0.15) is 0 Å². The van der Waals surface area contributed by atoms with E-state index < -0.39 is 5.54 Å². The third-order valence-electron chi connectivity index (χ3n) is 4.06. The van der Waals surface area contributed by atoms with E-state index in [0.717, 1.165) is 42.3 Å². The number of halogens is 1. The Balaban J connectivity index is 2.07. The van der Waals surface area contributed by atoms with E-state index in [0.29, 0.717) is 10.9 Å². The lowest BCUT2D eigenvalue weighted by atomic mass is 9.91. The molecule has 1 aliphatic rings. The zero-order chi connectivity index (χ0) is 13.5. The lowest BCUT2D eigenvalue weighted by molar-refractivity contribution is 0.301. The van der Waals surface area contributed by atoms with Gasteiger partial charge in [0, 0.05) is 5.02 Å². The van der Waals surface area contributed by atoms with Crippen molar-refractivity contribution in [1.29, 1.82) is 0 Å². The number of nitrogens with zero attached hydrogens (tertiary/aromatic N) is 1. The van der Waals surface area contributed by atoms with Crippen LogP contribution in [-0.2, 0) is 5.54 Å². The molecule has 0 aliphatic heterocycles. The molecular formula is C15H19ClN2O. The van der Waals surface area contributed by atoms with E-state index in [1.165, 1.54) is 12.8 Å². The number of oxazole rings is 1. The predicted molar refractivity (Wildman–Crippen MR) is 77.3 cm³/mol. The van der Waals surface area contributed by atoms with Gasteiger partial charge < -0.3 is 10.2 Å². The van der Waals surface area contributed by atoms with Crippen LogP contribution in [0.3, 0.4) is 0 Å². The number of benzene rings is 1. The molecule has 1 aliphatic carbocycles. The van der Waals surface area contributed by atoms with Crippen LogP contribution in [0.1, 0.15) is 50.0 Å². The van der Waals surface area contributed by atoms with E-state index in [2.05, 4.69) is 4.98 Å². The van der Waals surface area contributed by atoms with Gasteiger partial charge in [-0.1, -0.05) is 37.3 Å². The fourth-order valence-corrected chi connectivity index (χ4v) is 3.21. The summed E-state index contributed by atoms with van der Waals surface area (Å²) in [4.78, 5) is 4.60. The maximum Gasteiger partial charge on any atom is 0.215 e. The van der Waals surface area contributed by atoms with E-state index in [9.17, 15) is 0 Å². The lowest BCUT2D eigenvalue weighted by Gasteiger charge is -2.23. The maximum absolute atomic E-state index is 6.54. The Morgan fingerprint density at radius 2 is 1.89 bits per heavy atom. The number of aryl methyl sites for hydroxylation is 1. The second-order valence-electron chi connectivity index (χ2n) is 5.66. The fraction of sp³-hybridized carbons (Fsp3) is 0.533. The van der Waals surface area contributed by atoms with Crippen molar-refractivity contribution in [2.45, 2.75) is 51.0 Å². The molecule has 0 unspecified atom stereocenters. The van der Waals surface area contributed by atoms with Crippen LogP contribution in [0.15, 0.2) is 16.5 Å². The molecule has 3 rings (SSSR count). The zero-order valence-corrected chi connectivity index (χ0v) is 12.0. The van der Waals surface area contributed by atoms with E-state index in [4.69, 9.17) is 21.8 Å². The second-order valence-corrected chi connectivity index (χ2v) is 6.10. The predicted octanol–water partition coefficient (Wildman–Crippen LogP) is 4.30. The molecular weight excluding hydrogens is 260 g/mol. The third-order valence-corrected chi connectivity index (χ3v) is 4.28. The van der Waals surface area contributed by atoms with E-state index >= 15 is 0 Å². The van der Waals surface area contributed by atoms with Crippen molar-refractivity contribution in [3.8, 4) is 0 Å². The van der Waals surface area contributed by atoms with Crippen LogP contribution in [0.4, 0.5) is 0 Å². The summed E-state index contributed by atoms with van der Waals surface area (Å²) in [6.07, 6.45) is 6.71. The van der Waals surface area contributed by atoms with Gasteiger partial charge in [-0.15, -0.1) is 0 Å². The Morgan fingerprint density at radius 3 is 2.58 bits per heavy atom. The standard InChI is InChI=1S/C15H19ClN2O/c1-10-8-11(16)9-12-13(10)19-14(18-12)15(17)6-4-2-3-5-7-15/h8-9H,2-7,17H2,1H3. The minimum Gasteiger partial charge on any atom is -0.438 e. The van der Waals surface area contributed by atoms with Crippen LogP contribution in [-0.4, -0.2) is 4.98 Å². The summed E-state index contributed by atoms with van der Waals surface area (Å²) in [5.41, 5.74) is 8.77. The lowest BCUT2D eigenvalue weighted by Crippen LogP contribution is -2.36. The van der Waals surface area contributed by atoms with Crippen molar-refractivity contribution in [1.82, 2.24) is 4.98 Å². The molecule has 0 spiro atoms. The van der Waals surface area contributed by atoms with Gasteiger partial charge in [-0.3, -0.25) is 0 Å². The quantitative estimate of drug-likeness (QED) is 0.791. The summed E-state index contributed by atoms with van der Waals surface area (Å²) in [5.74, 6) is 0.676. The maximum atomic E-state index is 6.54. The second kappa shape index (κ2) is 4.80. The molecule has 4 heteroatoms. The molecule has 3 nitrogen and oxygen atoms in total. The summed E-state index contributed by atoms with van der Waals surface area (Å²) < 4.78 is 5.96. The van der Waals surface area contributed by atoms with Crippen LogP contribution in [0.25, 0.3) is 11.1 Å². The molecule has 1 aromatic heterocycles. The molecule has 102 valence electrons. The Hall–Kier alpha value is -1.06. The van der Waals surface area contributed by atoms with Crippen LogP contribution >= 0.6 is 11.6 Å². The van der Waals surface area contributed by atoms with Crippen LogP contribution in [0, 0.1) is 6.92 Å².